The van der Waals surface area contributed by atoms with Crippen LogP contribution in [0.25, 0.3) is 0 Å². The van der Waals surface area contributed by atoms with Crippen LogP contribution in [0.5, 0.6) is 0 Å². The molecule has 1 aliphatic rings. The third-order valence-corrected chi connectivity index (χ3v) is 6.09. The molecule has 0 aliphatic heterocycles. The Morgan fingerprint density at radius 1 is 1.23 bits per heavy atom. The third kappa shape index (κ3) is 5.47. The van der Waals surface area contributed by atoms with Crippen molar-refractivity contribution in [2.45, 2.75) is 50.7 Å². The van der Waals surface area contributed by atoms with Gasteiger partial charge in [-0.25, -0.2) is 10.5 Å². The molecule has 0 radical (unpaired) electrons. The first-order valence-electron chi connectivity index (χ1n) is 9.51. The average molecular weight is 372 g/mol. The van der Waals surface area contributed by atoms with Gasteiger partial charge in [0, 0.05) is 29.4 Å². The van der Waals surface area contributed by atoms with Crippen molar-refractivity contribution < 1.29 is 4.84 Å². The van der Waals surface area contributed by atoms with Crippen LogP contribution in [0.4, 0.5) is 5.82 Å². The van der Waals surface area contributed by atoms with Gasteiger partial charge >= 0.3 is 0 Å². The minimum Gasteiger partial charge on any atom is -0.367 e. The summed E-state index contributed by atoms with van der Waals surface area (Å²) in [5.74, 6) is 2.84. The number of nitrogens with one attached hydrogen (secondary N) is 2. The lowest BCUT2D eigenvalue weighted by Crippen LogP contribution is -2.25. The van der Waals surface area contributed by atoms with Crippen molar-refractivity contribution >= 4 is 17.6 Å². The van der Waals surface area contributed by atoms with E-state index in [1.54, 1.807) is 0 Å². The third-order valence-electron chi connectivity index (χ3n) is 4.91. The molecule has 3 rings (SSSR count). The zero-order valence-corrected chi connectivity index (χ0v) is 16.5. The van der Waals surface area contributed by atoms with Crippen LogP contribution in [0.3, 0.4) is 0 Å². The molecule has 5 heteroatoms. The van der Waals surface area contributed by atoms with E-state index in [2.05, 4.69) is 47.0 Å². The molecule has 2 atom stereocenters. The maximum absolute atomic E-state index is 5.43. The van der Waals surface area contributed by atoms with Gasteiger partial charge in [-0.05, 0) is 61.1 Å². The highest BCUT2D eigenvalue weighted by Crippen LogP contribution is 2.33. The number of thioether (sulfide) groups is 1. The number of pyridine rings is 1. The van der Waals surface area contributed by atoms with Gasteiger partial charge in [-0.15, -0.1) is 11.8 Å². The van der Waals surface area contributed by atoms with Gasteiger partial charge in [0.2, 0.25) is 0 Å². The van der Waals surface area contributed by atoms with Crippen LogP contribution < -0.4 is 10.8 Å². The predicted molar refractivity (Wildman–Crippen MR) is 109 cm³/mol. The molecule has 1 saturated carbocycles. The molecule has 0 spiro atoms. The molecule has 1 aromatic heterocycles. The summed E-state index contributed by atoms with van der Waals surface area (Å²) in [7, 11) is 0. The summed E-state index contributed by atoms with van der Waals surface area (Å²) in [4.78, 5) is 11.2. The second kappa shape index (κ2) is 9.95. The topological polar surface area (TPSA) is 46.2 Å². The summed E-state index contributed by atoms with van der Waals surface area (Å²) in [6.45, 7) is 5.63. The van der Waals surface area contributed by atoms with Gasteiger partial charge in [0.1, 0.15) is 5.82 Å². The molecule has 1 aromatic carbocycles. The molecule has 1 aliphatic carbocycles. The Morgan fingerprint density at radius 3 is 2.92 bits per heavy atom. The summed E-state index contributed by atoms with van der Waals surface area (Å²) in [5.41, 5.74) is 5.44. The Labute approximate surface area is 161 Å². The van der Waals surface area contributed by atoms with Gasteiger partial charge in [0.25, 0.3) is 0 Å². The zero-order valence-electron chi connectivity index (χ0n) is 15.7. The number of rotatable bonds is 9. The fourth-order valence-corrected chi connectivity index (χ4v) is 4.65. The van der Waals surface area contributed by atoms with Gasteiger partial charge in [-0.1, -0.05) is 25.5 Å². The molecule has 0 amide bonds. The summed E-state index contributed by atoms with van der Waals surface area (Å²) in [6, 6.07) is 13.3. The summed E-state index contributed by atoms with van der Waals surface area (Å²) >= 11 is 1.97. The molecule has 2 unspecified atom stereocenters. The molecule has 1 fully saturated rings. The molecular formula is C21H29N3OS. The van der Waals surface area contributed by atoms with E-state index in [-0.39, 0.29) is 0 Å². The number of aryl methyl sites for hydroxylation is 1. The van der Waals surface area contributed by atoms with Crippen molar-refractivity contribution in [3.63, 3.8) is 0 Å². The summed E-state index contributed by atoms with van der Waals surface area (Å²) < 4.78 is 0. The maximum Gasteiger partial charge on any atom is 0.126 e. The van der Waals surface area contributed by atoms with E-state index in [0.717, 1.165) is 18.1 Å². The quantitative estimate of drug-likeness (QED) is 0.376. The van der Waals surface area contributed by atoms with Gasteiger partial charge < -0.3 is 5.32 Å². The standard InChI is InChI=1S/C21H29N3OS/c1-3-23-25-14-17-10-11-19(13-16(17)2)26-15-18-7-6-8-20(18)24-21-9-4-5-12-22-21/h4-5,9-13,18,20,23H,3,6-8,14-15H2,1-2H3,(H,22,24). The minimum absolute atomic E-state index is 0.534. The zero-order chi connectivity index (χ0) is 18.2. The van der Waals surface area contributed by atoms with E-state index in [4.69, 9.17) is 4.84 Å². The predicted octanol–water partition coefficient (Wildman–Crippen LogP) is 4.80. The number of hydrogen-bond donors (Lipinski definition) is 2. The summed E-state index contributed by atoms with van der Waals surface area (Å²) in [6.07, 6.45) is 5.69. The van der Waals surface area contributed by atoms with Crippen molar-refractivity contribution in [2.24, 2.45) is 5.92 Å². The van der Waals surface area contributed by atoms with E-state index >= 15 is 0 Å². The first-order chi connectivity index (χ1) is 12.8. The normalized spacial score (nSPS) is 19.6. The lowest BCUT2D eigenvalue weighted by molar-refractivity contribution is 0.0311. The second-order valence-corrected chi connectivity index (χ2v) is 7.94. The number of hydroxylamine groups is 1. The highest BCUT2D eigenvalue weighted by molar-refractivity contribution is 7.99. The first-order valence-corrected chi connectivity index (χ1v) is 10.5. The fourth-order valence-electron chi connectivity index (χ4n) is 3.42. The highest BCUT2D eigenvalue weighted by atomic mass is 32.2. The van der Waals surface area contributed by atoms with Crippen molar-refractivity contribution in [3.8, 4) is 0 Å². The number of nitrogens with zero attached hydrogens (tertiary/aromatic N) is 1. The maximum atomic E-state index is 5.43. The van der Waals surface area contributed by atoms with Gasteiger partial charge in [-0.3, -0.25) is 4.84 Å². The SMILES string of the molecule is CCNOCc1ccc(SCC2CCCC2Nc2ccccn2)cc1C. The molecule has 1 heterocycles. The molecule has 0 bridgehead atoms. The Hall–Kier alpha value is -1.56. The first kappa shape index (κ1) is 19.2. The summed E-state index contributed by atoms with van der Waals surface area (Å²) in [5, 5.41) is 3.63. The van der Waals surface area contributed by atoms with Crippen LogP contribution in [-0.4, -0.2) is 23.3 Å². The smallest absolute Gasteiger partial charge is 0.126 e. The molecule has 2 aromatic rings. The van der Waals surface area contributed by atoms with Crippen molar-refractivity contribution in [1.82, 2.24) is 10.5 Å². The van der Waals surface area contributed by atoms with Crippen LogP contribution in [0.15, 0.2) is 47.5 Å². The Bertz CT molecular complexity index is 680. The number of anilines is 1. The molecule has 0 saturated heterocycles. The van der Waals surface area contributed by atoms with E-state index < -0.39 is 0 Å². The largest absolute Gasteiger partial charge is 0.367 e. The number of hydrogen-bond acceptors (Lipinski definition) is 5. The van der Waals surface area contributed by atoms with E-state index in [0.29, 0.717) is 18.6 Å². The van der Waals surface area contributed by atoms with Crippen molar-refractivity contribution in [1.29, 1.82) is 0 Å². The van der Waals surface area contributed by atoms with Crippen LogP contribution in [-0.2, 0) is 11.4 Å². The monoisotopic (exact) mass is 371 g/mol. The van der Waals surface area contributed by atoms with Crippen LogP contribution in [0.1, 0.15) is 37.3 Å². The van der Waals surface area contributed by atoms with Crippen molar-refractivity contribution in [3.05, 3.63) is 53.7 Å². The molecule has 4 nitrogen and oxygen atoms in total. The Morgan fingerprint density at radius 2 is 2.15 bits per heavy atom. The van der Waals surface area contributed by atoms with Crippen LogP contribution in [0.2, 0.25) is 0 Å². The molecule has 2 N–H and O–H groups in total. The minimum atomic E-state index is 0.534. The van der Waals surface area contributed by atoms with Gasteiger partial charge in [-0.2, -0.15) is 0 Å². The van der Waals surface area contributed by atoms with E-state index in [1.807, 2.05) is 37.0 Å². The lowest BCUT2D eigenvalue weighted by Gasteiger charge is -2.21. The molecule has 26 heavy (non-hydrogen) atoms. The second-order valence-electron chi connectivity index (χ2n) is 6.84. The van der Waals surface area contributed by atoms with Crippen LogP contribution in [0, 0.1) is 12.8 Å². The van der Waals surface area contributed by atoms with E-state index in [1.165, 1.54) is 35.3 Å². The lowest BCUT2D eigenvalue weighted by atomic mass is 10.1. The van der Waals surface area contributed by atoms with E-state index in [9.17, 15) is 0 Å². The van der Waals surface area contributed by atoms with Crippen molar-refractivity contribution in [2.75, 3.05) is 17.6 Å². The highest BCUT2D eigenvalue weighted by Gasteiger charge is 2.27. The molecular weight excluding hydrogens is 342 g/mol. The van der Waals surface area contributed by atoms with Gasteiger partial charge in [0.15, 0.2) is 0 Å². The molecule has 140 valence electrons. The van der Waals surface area contributed by atoms with Gasteiger partial charge in [0.05, 0.1) is 6.61 Å². The number of aromatic nitrogens is 1. The van der Waals surface area contributed by atoms with Crippen LogP contribution >= 0.6 is 11.8 Å². The number of benzene rings is 1. The fraction of sp³-hybridized carbons (Fsp3) is 0.476. The Balaban J connectivity index is 1.52. The average Bonchev–Trinajstić information content (AvgIpc) is 3.09. The Kier molecular flexibility index (Phi) is 7.35.